The molecule has 0 saturated carbocycles. The second-order valence-corrected chi connectivity index (χ2v) is 5.75. The SMILES string of the molecule is CN(c1ccccc1)c1ncnc(Nc2ccc(C(F)(F)F)cc2)c1[N+](=O)[O-]. The average molecular weight is 389 g/mol. The summed E-state index contributed by atoms with van der Waals surface area (Å²) in [6, 6.07) is 13.0. The third-order valence-corrected chi connectivity index (χ3v) is 3.92. The second kappa shape index (κ2) is 7.51. The van der Waals surface area contributed by atoms with Crippen LogP contribution in [-0.4, -0.2) is 21.9 Å². The summed E-state index contributed by atoms with van der Waals surface area (Å²) in [7, 11) is 1.62. The van der Waals surface area contributed by atoms with E-state index in [-0.39, 0.29) is 17.3 Å². The lowest BCUT2D eigenvalue weighted by molar-refractivity contribution is -0.383. The van der Waals surface area contributed by atoms with Crippen molar-refractivity contribution in [2.75, 3.05) is 17.3 Å². The third kappa shape index (κ3) is 4.00. The lowest BCUT2D eigenvalue weighted by atomic mass is 10.2. The number of benzene rings is 2. The minimum atomic E-state index is -4.47. The van der Waals surface area contributed by atoms with Crippen LogP contribution >= 0.6 is 0 Å². The van der Waals surface area contributed by atoms with Crippen molar-refractivity contribution in [3.05, 3.63) is 76.6 Å². The van der Waals surface area contributed by atoms with E-state index in [4.69, 9.17) is 0 Å². The molecule has 0 saturated heterocycles. The molecule has 0 atom stereocenters. The van der Waals surface area contributed by atoms with Gasteiger partial charge in [-0.3, -0.25) is 10.1 Å². The van der Waals surface area contributed by atoms with Crippen LogP contribution in [0.1, 0.15) is 5.56 Å². The molecule has 3 rings (SSSR count). The van der Waals surface area contributed by atoms with Crippen LogP contribution in [0.4, 0.5) is 41.9 Å². The van der Waals surface area contributed by atoms with Crippen LogP contribution in [0.25, 0.3) is 0 Å². The molecule has 1 aromatic heterocycles. The van der Waals surface area contributed by atoms with Gasteiger partial charge in [0, 0.05) is 18.4 Å². The van der Waals surface area contributed by atoms with E-state index in [0.717, 1.165) is 18.5 Å². The number of alkyl halides is 3. The van der Waals surface area contributed by atoms with Crippen molar-refractivity contribution in [1.82, 2.24) is 9.97 Å². The highest BCUT2D eigenvalue weighted by molar-refractivity contribution is 5.77. The summed E-state index contributed by atoms with van der Waals surface area (Å²) >= 11 is 0. The van der Waals surface area contributed by atoms with Gasteiger partial charge in [-0.05, 0) is 36.4 Å². The summed E-state index contributed by atoms with van der Waals surface area (Å²) in [5, 5.41) is 14.4. The predicted octanol–water partition coefficient (Wildman–Crippen LogP) is 4.92. The summed E-state index contributed by atoms with van der Waals surface area (Å²) in [6.45, 7) is 0. The van der Waals surface area contributed by atoms with Crippen LogP contribution in [0.3, 0.4) is 0 Å². The maximum absolute atomic E-state index is 12.7. The number of halogens is 3. The Balaban J connectivity index is 1.97. The third-order valence-electron chi connectivity index (χ3n) is 3.92. The highest BCUT2D eigenvalue weighted by atomic mass is 19.4. The number of nitrogens with one attached hydrogen (secondary N) is 1. The molecule has 2 aromatic carbocycles. The van der Waals surface area contributed by atoms with Crippen molar-refractivity contribution in [2.24, 2.45) is 0 Å². The smallest absolute Gasteiger partial charge is 0.334 e. The van der Waals surface area contributed by atoms with Crippen LogP contribution in [0.5, 0.6) is 0 Å². The predicted molar refractivity (Wildman–Crippen MR) is 97.9 cm³/mol. The number of para-hydroxylation sites is 1. The lowest BCUT2D eigenvalue weighted by Crippen LogP contribution is -2.15. The Kier molecular flexibility index (Phi) is 5.12. The maximum Gasteiger partial charge on any atom is 0.416 e. The van der Waals surface area contributed by atoms with Crippen LogP contribution in [0.15, 0.2) is 60.9 Å². The monoisotopic (exact) mass is 389 g/mol. The largest absolute Gasteiger partial charge is 0.416 e. The van der Waals surface area contributed by atoms with E-state index < -0.39 is 22.4 Å². The topological polar surface area (TPSA) is 84.2 Å². The Morgan fingerprint density at radius 3 is 2.25 bits per heavy atom. The molecule has 28 heavy (non-hydrogen) atoms. The van der Waals surface area contributed by atoms with Crippen molar-refractivity contribution in [2.45, 2.75) is 6.18 Å². The highest BCUT2D eigenvalue weighted by Crippen LogP contribution is 2.36. The zero-order valence-corrected chi connectivity index (χ0v) is 14.5. The standard InChI is InChI=1S/C18H14F3N5O2/c1-25(14-5-3-2-4-6-14)17-15(26(27)28)16(22-11-23-17)24-13-9-7-12(8-10-13)18(19,20)21/h2-11H,1H3,(H,22,23,24). The molecule has 144 valence electrons. The van der Waals surface area contributed by atoms with E-state index in [1.165, 1.54) is 17.0 Å². The Bertz CT molecular complexity index is 979. The molecule has 3 aromatic rings. The molecule has 10 heteroatoms. The van der Waals surface area contributed by atoms with Crippen molar-refractivity contribution >= 4 is 28.7 Å². The second-order valence-electron chi connectivity index (χ2n) is 5.75. The average Bonchev–Trinajstić information content (AvgIpc) is 2.67. The normalized spacial score (nSPS) is 11.1. The molecular weight excluding hydrogens is 375 g/mol. The van der Waals surface area contributed by atoms with Crippen molar-refractivity contribution < 1.29 is 18.1 Å². The summed E-state index contributed by atoms with van der Waals surface area (Å²) in [5.41, 5.74) is -0.318. The summed E-state index contributed by atoms with van der Waals surface area (Å²) < 4.78 is 38.1. The molecule has 7 nitrogen and oxygen atoms in total. The summed E-state index contributed by atoms with van der Waals surface area (Å²) in [4.78, 5) is 20.5. The molecule has 0 aliphatic carbocycles. The fourth-order valence-corrected chi connectivity index (χ4v) is 2.53. The lowest BCUT2D eigenvalue weighted by Gasteiger charge is -2.19. The molecular formula is C18H14F3N5O2. The molecule has 0 radical (unpaired) electrons. The van der Waals surface area contributed by atoms with E-state index in [2.05, 4.69) is 15.3 Å². The highest BCUT2D eigenvalue weighted by Gasteiger charge is 2.30. The summed E-state index contributed by atoms with van der Waals surface area (Å²) in [6.07, 6.45) is -3.32. The minimum absolute atomic E-state index is 0.0422. The Hall–Kier alpha value is -3.69. The first-order valence-corrected chi connectivity index (χ1v) is 8.00. The van der Waals surface area contributed by atoms with E-state index in [1.54, 1.807) is 31.3 Å². The fraction of sp³-hybridized carbons (Fsp3) is 0.111. The van der Waals surface area contributed by atoms with Gasteiger partial charge in [0.1, 0.15) is 6.33 Å². The van der Waals surface area contributed by atoms with Gasteiger partial charge in [-0.1, -0.05) is 18.2 Å². The Labute approximate surface area is 157 Å². The van der Waals surface area contributed by atoms with Gasteiger partial charge in [0.05, 0.1) is 10.5 Å². The van der Waals surface area contributed by atoms with E-state index in [0.29, 0.717) is 5.69 Å². The Morgan fingerprint density at radius 2 is 1.68 bits per heavy atom. The zero-order chi connectivity index (χ0) is 20.3. The van der Waals surface area contributed by atoms with Gasteiger partial charge >= 0.3 is 11.9 Å². The first kappa shape index (κ1) is 19.1. The summed E-state index contributed by atoms with van der Waals surface area (Å²) in [5.74, 6) is -0.0850. The minimum Gasteiger partial charge on any atom is -0.334 e. The molecule has 0 aliphatic rings. The van der Waals surface area contributed by atoms with Gasteiger partial charge in [-0.25, -0.2) is 9.97 Å². The van der Waals surface area contributed by atoms with Gasteiger partial charge in [0.15, 0.2) is 0 Å². The van der Waals surface area contributed by atoms with Gasteiger partial charge < -0.3 is 10.2 Å². The van der Waals surface area contributed by atoms with Crippen LogP contribution in [-0.2, 0) is 6.18 Å². The van der Waals surface area contributed by atoms with Crippen LogP contribution < -0.4 is 10.2 Å². The number of anilines is 4. The fourth-order valence-electron chi connectivity index (χ4n) is 2.53. The van der Waals surface area contributed by atoms with E-state index >= 15 is 0 Å². The van der Waals surface area contributed by atoms with E-state index in [1.807, 2.05) is 6.07 Å². The quantitative estimate of drug-likeness (QED) is 0.493. The van der Waals surface area contributed by atoms with Gasteiger partial charge in [-0.15, -0.1) is 0 Å². The molecule has 0 aliphatic heterocycles. The molecule has 0 amide bonds. The molecule has 0 fully saturated rings. The number of hydrogen-bond acceptors (Lipinski definition) is 6. The number of aromatic nitrogens is 2. The van der Waals surface area contributed by atoms with Gasteiger partial charge in [-0.2, -0.15) is 13.2 Å². The molecule has 1 heterocycles. The van der Waals surface area contributed by atoms with E-state index in [9.17, 15) is 23.3 Å². The van der Waals surface area contributed by atoms with Crippen LogP contribution in [0.2, 0.25) is 0 Å². The Morgan fingerprint density at radius 1 is 1.04 bits per heavy atom. The van der Waals surface area contributed by atoms with Gasteiger partial charge in [0.2, 0.25) is 11.6 Å². The zero-order valence-electron chi connectivity index (χ0n) is 14.5. The molecule has 0 unspecified atom stereocenters. The van der Waals surface area contributed by atoms with Crippen molar-refractivity contribution in [1.29, 1.82) is 0 Å². The molecule has 0 bridgehead atoms. The van der Waals surface area contributed by atoms with Crippen molar-refractivity contribution in [3.8, 4) is 0 Å². The molecule has 1 N–H and O–H groups in total. The maximum atomic E-state index is 12.7. The molecule has 0 spiro atoms. The first-order valence-electron chi connectivity index (χ1n) is 8.00. The van der Waals surface area contributed by atoms with Crippen LogP contribution in [0, 0.1) is 10.1 Å². The number of nitrogens with zero attached hydrogens (tertiary/aromatic N) is 4. The number of hydrogen-bond donors (Lipinski definition) is 1. The van der Waals surface area contributed by atoms with Crippen molar-refractivity contribution in [3.63, 3.8) is 0 Å². The van der Waals surface area contributed by atoms with Gasteiger partial charge in [0.25, 0.3) is 0 Å². The number of rotatable bonds is 5. The first-order chi connectivity index (χ1) is 13.3. The number of nitro groups is 1.